The van der Waals surface area contributed by atoms with E-state index in [1.165, 1.54) is 6.20 Å². The summed E-state index contributed by atoms with van der Waals surface area (Å²) in [5, 5.41) is 2.96. The maximum absolute atomic E-state index is 11.9. The first-order valence-electron chi connectivity index (χ1n) is 5.81. The predicted molar refractivity (Wildman–Crippen MR) is 68.2 cm³/mol. The molecule has 1 rings (SSSR count). The van der Waals surface area contributed by atoms with Crippen molar-refractivity contribution in [2.45, 2.75) is 31.7 Å². The Kier molecular flexibility index (Phi) is 5.17. The van der Waals surface area contributed by atoms with E-state index in [9.17, 15) is 8.42 Å². The molecule has 0 radical (unpaired) electrons. The molecule has 1 aromatic heterocycles. The monoisotopic (exact) mass is 259 g/mol. The maximum Gasteiger partial charge on any atom is 0.242 e. The fraction of sp³-hybridized carbons (Fsp3) is 0.636. The van der Waals surface area contributed by atoms with Crippen LogP contribution in [0.2, 0.25) is 0 Å². The van der Waals surface area contributed by atoms with E-state index in [1.54, 1.807) is 6.07 Å². The molecule has 6 heteroatoms. The van der Waals surface area contributed by atoms with Gasteiger partial charge in [-0.1, -0.05) is 20.3 Å². The quantitative estimate of drug-likeness (QED) is 0.685. The van der Waals surface area contributed by atoms with Crippen molar-refractivity contribution in [1.82, 2.24) is 15.0 Å². The Morgan fingerprint density at radius 1 is 1.47 bits per heavy atom. The molecule has 0 fully saturated rings. The van der Waals surface area contributed by atoms with Crippen LogP contribution in [-0.4, -0.2) is 27.0 Å². The number of aromatic nitrogens is 1. The standard InChI is InChI=1S/C11H21N3O2S/c1-4-9(2)6-14-17(15,16)11-5-10(7-12-3)13-8-11/h5,8-9,12-14H,4,6-7H2,1-3H3. The van der Waals surface area contributed by atoms with Gasteiger partial charge in [0.25, 0.3) is 0 Å². The molecule has 0 bridgehead atoms. The number of sulfonamides is 1. The van der Waals surface area contributed by atoms with Crippen molar-refractivity contribution in [2.75, 3.05) is 13.6 Å². The minimum absolute atomic E-state index is 0.297. The zero-order valence-corrected chi connectivity index (χ0v) is 11.4. The predicted octanol–water partition coefficient (Wildman–Crippen LogP) is 1.06. The second-order valence-electron chi connectivity index (χ2n) is 4.26. The summed E-state index contributed by atoms with van der Waals surface area (Å²) in [5.41, 5.74) is 0.858. The van der Waals surface area contributed by atoms with Crippen molar-refractivity contribution < 1.29 is 8.42 Å². The van der Waals surface area contributed by atoms with E-state index in [0.717, 1.165) is 12.1 Å². The van der Waals surface area contributed by atoms with E-state index in [2.05, 4.69) is 15.0 Å². The molecule has 1 aromatic rings. The van der Waals surface area contributed by atoms with Crippen molar-refractivity contribution in [3.8, 4) is 0 Å². The normalized spacial score (nSPS) is 13.8. The first kappa shape index (κ1) is 14.2. The highest BCUT2D eigenvalue weighted by Crippen LogP contribution is 2.11. The highest BCUT2D eigenvalue weighted by Gasteiger charge is 2.16. The van der Waals surface area contributed by atoms with Crippen LogP contribution in [0.15, 0.2) is 17.2 Å². The molecule has 0 aliphatic rings. The summed E-state index contributed by atoms with van der Waals surface area (Å²) in [5.74, 6) is 0.348. The van der Waals surface area contributed by atoms with Crippen LogP contribution in [0.5, 0.6) is 0 Å². The fourth-order valence-electron chi connectivity index (χ4n) is 1.35. The van der Waals surface area contributed by atoms with Gasteiger partial charge in [0.15, 0.2) is 0 Å². The van der Waals surface area contributed by atoms with Crippen LogP contribution >= 0.6 is 0 Å². The summed E-state index contributed by atoms with van der Waals surface area (Å²) in [6.45, 7) is 5.17. The average Bonchev–Trinajstić information content (AvgIpc) is 2.76. The minimum atomic E-state index is -3.37. The number of hydrogen-bond acceptors (Lipinski definition) is 3. The lowest BCUT2D eigenvalue weighted by Gasteiger charge is -2.09. The number of aromatic amines is 1. The van der Waals surface area contributed by atoms with E-state index in [-0.39, 0.29) is 0 Å². The van der Waals surface area contributed by atoms with E-state index < -0.39 is 10.0 Å². The third-order valence-corrected chi connectivity index (χ3v) is 4.12. The van der Waals surface area contributed by atoms with Gasteiger partial charge in [0.1, 0.15) is 0 Å². The third kappa shape index (κ3) is 4.14. The van der Waals surface area contributed by atoms with Crippen LogP contribution < -0.4 is 10.0 Å². The van der Waals surface area contributed by atoms with E-state index in [0.29, 0.717) is 23.9 Å². The molecule has 17 heavy (non-hydrogen) atoms. The number of nitrogens with one attached hydrogen (secondary N) is 3. The van der Waals surface area contributed by atoms with E-state index in [4.69, 9.17) is 0 Å². The molecule has 98 valence electrons. The van der Waals surface area contributed by atoms with E-state index in [1.807, 2.05) is 20.9 Å². The van der Waals surface area contributed by atoms with Gasteiger partial charge in [-0.05, 0) is 19.0 Å². The van der Waals surface area contributed by atoms with Crippen LogP contribution in [0, 0.1) is 5.92 Å². The molecule has 1 atom stereocenters. The van der Waals surface area contributed by atoms with E-state index >= 15 is 0 Å². The Morgan fingerprint density at radius 3 is 2.76 bits per heavy atom. The topological polar surface area (TPSA) is 74.0 Å². The zero-order valence-electron chi connectivity index (χ0n) is 10.6. The smallest absolute Gasteiger partial charge is 0.242 e. The average molecular weight is 259 g/mol. The molecule has 0 amide bonds. The number of rotatable bonds is 7. The lowest BCUT2D eigenvalue weighted by atomic mass is 10.1. The third-order valence-electron chi connectivity index (χ3n) is 2.71. The second-order valence-corrected chi connectivity index (χ2v) is 6.02. The summed E-state index contributed by atoms with van der Waals surface area (Å²) >= 11 is 0. The first-order valence-corrected chi connectivity index (χ1v) is 7.29. The SMILES string of the molecule is CCC(C)CNS(=O)(=O)c1c[nH]c(CNC)c1. The molecule has 0 aliphatic heterocycles. The van der Waals surface area contributed by atoms with Crippen LogP contribution in [0.25, 0.3) is 0 Å². The lowest BCUT2D eigenvalue weighted by molar-refractivity contribution is 0.528. The molecular weight excluding hydrogens is 238 g/mol. The molecule has 0 spiro atoms. The maximum atomic E-state index is 11.9. The summed E-state index contributed by atoms with van der Waals surface area (Å²) in [6.07, 6.45) is 2.48. The fourth-order valence-corrected chi connectivity index (χ4v) is 2.53. The van der Waals surface area contributed by atoms with Gasteiger partial charge in [0, 0.05) is 25.0 Å². The van der Waals surface area contributed by atoms with Gasteiger partial charge in [0.2, 0.25) is 10.0 Å². The van der Waals surface area contributed by atoms with Gasteiger partial charge in [-0.2, -0.15) is 0 Å². The van der Waals surface area contributed by atoms with Crippen molar-refractivity contribution in [3.05, 3.63) is 18.0 Å². The number of H-pyrrole nitrogens is 1. The molecule has 3 N–H and O–H groups in total. The zero-order chi connectivity index (χ0) is 12.9. The molecule has 0 aromatic carbocycles. The highest BCUT2D eigenvalue weighted by atomic mass is 32.2. The molecule has 1 heterocycles. The van der Waals surface area contributed by atoms with Gasteiger partial charge in [-0.3, -0.25) is 0 Å². The van der Waals surface area contributed by atoms with Crippen molar-refractivity contribution in [1.29, 1.82) is 0 Å². The first-order chi connectivity index (χ1) is 7.99. The summed E-state index contributed by atoms with van der Waals surface area (Å²) < 4.78 is 26.5. The van der Waals surface area contributed by atoms with Gasteiger partial charge in [-0.25, -0.2) is 13.1 Å². The van der Waals surface area contributed by atoms with Crippen molar-refractivity contribution >= 4 is 10.0 Å². The van der Waals surface area contributed by atoms with Crippen LogP contribution in [0.3, 0.4) is 0 Å². The van der Waals surface area contributed by atoms with Crippen LogP contribution in [-0.2, 0) is 16.6 Å². The molecular formula is C11H21N3O2S. The Hall–Kier alpha value is -0.850. The van der Waals surface area contributed by atoms with Crippen molar-refractivity contribution in [3.63, 3.8) is 0 Å². The lowest BCUT2D eigenvalue weighted by Crippen LogP contribution is -2.27. The number of hydrogen-bond donors (Lipinski definition) is 3. The van der Waals surface area contributed by atoms with Gasteiger partial charge < -0.3 is 10.3 Å². The van der Waals surface area contributed by atoms with Crippen LogP contribution in [0.1, 0.15) is 26.0 Å². The van der Waals surface area contributed by atoms with Crippen LogP contribution in [0.4, 0.5) is 0 Å². The summed E-state index contributed by atoms with van der Waals surface area (Å²) in [4.78, 5) is 3.23. The van der Waals surface area contributed by atoms with Gasteiger partial charge in [0.05, 0.1) is 4.90 Å². The Bertz CT molecular complexity index is 439. The van der Waals surface area contributed by atoms with Crippen molar-refractivity contribution in [2.24, 2.45) is 5.92 Å². The largest absolute Gasteiger partial charge is 0.363 e. The summed E-state index contributed by atoms with van der Waals surface area (Å²) in [6, 6.07) is 1.65. The van der Waals surface area contributed by atoms with Gasteiger partial charge >= 0.3 is 0 Å². The summed E-state index contributed by atoms with van der Waals surface area (Å²) in [7, 11) is -1.56. The molecule has 5 nitrogen and oxygen atoms in total. The second kappa shape index (κ2) is 6.18. The Morgan fingerprint density at radius 2 is 2.18 bits per heavy atom. The highest BCUT2D eigenvalue weighted by molar-refractivity contribution is 7.89. The van der Waals surface area contributed by atoms with Gasteiger partial charge in [-0.15, -0.1) is 0 Å². The minimum Gasteiger partial charge on any atom is -0.363 e. The Balaban J connectivity index is 2.68. The molecule has 0 saturated carbocycles. The molecule has 1 unspecified atom stereocenters. The molecule has 0 aliphatic carbocycles. The molecule has 0 saturated heterocycles. The Labute approximate surface area is 103 Å².